The van der Waals surface area contributed by atoms with Crippen LogP contribution in [0.5, 0.6) is 0 Å². The zero-order valence-electron chi connectivity index (χ0n) is 7.04. The fourth-order valence-electron chi connectivity index (χ4n) is 0.495. The van der Waals surface area contributed by atoms with Crippen molar-refractivity contribution in [3.8, 4) is 0 Å². The lowest BCUT2D eigenvalue weighted by Gasteiger charge is -2.10. The van der Waals surface area contributed by atoms with Gasteiger partial charge in [0, 0.05) is 0 Å². The number of phosphoric acid groups is 1. The molecule has 7 nitrogen and oxygen atoms in total. The summed E-state index contributed by atoms with van der Waals surface area (Å²) in [5, 5.41) is 0. The van der Waals surface area contributed by atoms with Gasteiger partial charge in [0.25, 0.3) is 0 Å². The van der Waals surface area contributed by atoms with Crippen LogP contribution in [-0.2, 0) is 18.6 Å². The molecule has 0 fully saturated rings. The van der Waals surface area contributed by atoms with Gasteiger partial charge in [0.2, 0.25) is 0 Å². The molecular weight excluding hydrogens is 201 g/mol. The van der Waals surface area contributed by atoms with Gasteiger partial charge in [-0.05, 0) is 6.92 Å². The van der Waals surface area contributed by atoms with E-state index in [0.29, 0.717) is 0 Å². The van der Waals surface area contributed by atoms with E-state index in [1.165, 1.54) is 0 Å². The number of nitrogens with two attached hydrogens (primary N) is 1. The van der Waals surface area contributed by atoms with Crippen LogP contribution in [0.15, 0.2) is 0 Å². The van der Waals surface area contributed by atoms with E-state index in [-0.39, 0.29) is 6.61 Å². The van der Waals surface area contributed by atoms with Crippen molar-refractivity contribution in [1.29, 1.82) is 0 Å². The van der Waals surface area contributed by atoms with Crippen LogP contribution < -0.4 is 5.73 Å². The zero-order chi connectivity index (χ0) is 10.5. The number of hydrogen-bond donors (Lipinski definition) is 3. The molecular formula is C5H12NO6P. The maximum Gasteiger partial charge on any atom is 0.469 e. The van der Waals surface area contributed by atoms with Gasteiger partial charge in [0.05, 0.1) is 13.2 Å². The number of hydrogen-bond acceptors (Lipinski definition) is 5. The van der Waals surface area contributed by atoms with Crippen LogP contribution in [0, 0.1) is 0 Å². The average Bonchev–Trinajstić information content (AvgIpc) is 1.99. The van der Waals surface area contributed by atoms with Crippen molar-refractivity contribution >= 4 is 13.8 Å². The second-order valence-electron chi connectivity index (χ2n) is 2.14. The van der Waals surface area contributed by atoms with Crippen LogP contribution in [0.2, 0.25) is 0 Å². The molecule has 0 aliphatic rings. The van der Waals surface area contributed by atoms with Crippen LogP contribution in [-0.4, -0.2) is 35.0 Å². The standard InChI is InChI=1S/C5H12NO6P/c1-2-11-5(7)4(6)3-12-13(8,9)10/h4H,2-3,6H2,1H3,(H2,8,9,10). The fourth-order valence-corrected chi connectivity index (χ4v) is 0.850. The van der Waals surface area contributed by atoms with Gasteiger partial charge in [-0.2, -0.15) is 0 Å². The summed E-state index contributed by atoms with van der Waals surface area (Å²) >= 11 is 0. The van der Waals surface area contributed by atoms with E-state index in [1.54, 1.807) is 6.92 Å². The lowest BCUT2D eigenvalue weighted by atomic mass is 10.3. The Kier molecular flexibility index (Phi) is 5.12. The maximum atomic E-state index is 10.8. The molecule has 0 saturated carbocycles. The summed E-state index contributed by atoms with van der Waals surface area (Å²) in [7, 11) is -4.57. The third-order valence-corrected chi connectivity index (χ3v) is 1.50. The monoisotopic (exact) mass is 213 g/mol. The van der Waals surface area contributed by atoms with Crippen LogP contribution in [0.1, 0.15) is 6.92 Å². The summed E-state index contributed by atoms with van der Waals surface area (Å²) in [4.78, 5) is 27.3. The Hall–Kier alpha value is -0.460. The minimum absolute atomic E-state index is 0.155. The lowest BCUT2D eigenvalue weighted by Crippen LogP contribution is -2.36. The van der Waals surface area contributed by atoms with Crippen molar-refractivity contribution in [2.75, 3.05) is 13.2 Å². The Morgan fingerprint density at radius 2 is 2.15 bits per heavy atom. The molecule has 0 aliphatic heterocycles. The van der Waals surface area contributed by atoms with E-state index in [9.17, 15) is 9.36 Å². The van der Waals surface area contributed by atoms with E-state index in [4.69, 9.17) is 15.5 Å². The van der Waals surface area contributed by atoms with Gasteiger partial charge in [-0.3, -0.25) is 9.32 Å². The summed E-state index contributed by atoms with van der Waals surface area (Å²) in [5.74, 6) is -0.754. The van der Waals surface area contributed by atoms with E-state index in [2.05, 4.69) is 9.26 Å². The first-order valence-electron chi connectivity index (χ1n) is 3.49. The molecule has 0 aliphatic carbocycles. The topological polar surface area (TPSA) is 119 Å². The van der Waals surface area contributed by atoms with Gasteiger partial charge in [-0.1, -0.05) is 0 Å². The summed E-state index contributed by atoms with van der Waals surface area (Å²) < 4.78 is 18.7. The molecule has 0 heterocycles. The quantitative estimate of drug-likeness (QED) is 0.395. The first-order chi connectivity index (χ1) is 5.87. The summed E-state index contributed by atoms with van der Waals surface area (Å²) in [5.41, 5.74) is 5.17. The minimum atomic E-state index is -4.57. The molecule has 1 atom stereocenters. The predicted octanol–water partition coefficient (Wildman–Crippen LogP) is -1.01. The molecule has 0 aromatic carbocycles. The number of ether oxygens (including phenoxy) is 1. The first-order valence-corrected chi connectivity index (χ1v) is 5.02. The first kappa shape index (κ1) is 12.5. The Balaban J connectivity index is 3.81. The van der Waals surface area contributed by atoms with Crippen LogP contribution in [0.3, 0.4) is 0 Å². The van der Waals surface area contributed by atoms with Crippen molar-refractivity contribution in [3.05, 3.63) is 0 Å². The second-order valence-corrected chi connectivity index (χ2v) is 3.38. The normalized spacial score (nSPS) is 13.8. The Labute approximate surface area is 75.1 Å². The highest BCUT2D eigenvalue weighted by Gasteiger charge is 2.21. The molecule has 4 N–H and O–H groups in total. The third kappa shape index (κ3) is 6.68. The smallest absolute Gasteiger partial charge is 0.465 e. The summed E-state index contributed by atoms with van der Waals surface area (Å²) in [6, 6.07) is -1.17. The maximum absolute atomic E-state index is 10.8. The van der Waals surface area contributed by atoms with Crippen LogP contribution in [0.4, 0.5) is 0 Å². The fraction of sp³-hybridized carbons (Fsp3) is 0.800. The Morgan fingerprint density at radius 3 is 2.54 bits per heavy atom. The summed E-state index contributed by atoms with van der Waals surface area (Å²) in [6.07, 6.45) is 0. The van der Waals surface area contributed by atoms with Crippen molar-refractivity contribution in [1.82, 2.24) is 0 Å². The molecule has 0 radical (unpaired) electrons. The second kappa shape index (κ2) is 5.31. The Bertz CT molecular complexity index is 213. The highest BCUT2D eigenvalue weighted by atomic mass is 31.2. The Morgan fingerprint density at radius 1 is 1.62 bits per heavy atom. The molecule has 0 aromatic rings. The molecule has 8 heteroatoms. The molecule has 13 heavy (non-hydrogen) atoms. The van der Waals surface area contributed by atoms with Gasteiger partial charge in [-0.15, -0.1) is 0 Å². The zero-order valence-corrected chi connectivity index (χ0v) is 7.94. The van der Waals surface area contributed by atoms with Gasteiger partial charge in [0.1, 0.15) is 6.04 Å². The van der Waals surface area contributed by atoms with E-state index in [1.807, 2.05) is 0 Å². The third-order valence-electron chi connectivity index (χ3n) is 1.01. The number of carbonyl (C=O) groups excluding carboxylic acids is 1. The van der Waals surface area contributed by atoms with Crippen molar-refractivity contribution < 1.29 is 28.4 Å². The largest absolute Gasteiger partial charge is 0.469 e. The molecule has 78 valence electrons. The van der Waals surface area contributed by atoms with E-state index in [0.717, 1.165) is 0 Å². The van der Waals surface area contributed by atoms with Crippen molar-refractivity contribution in [2.24, 2.45) is 5.73 Å². The number of esters is 1. The molecule has 0 rings (SSSR count). The molecule has 1 unspecified atom stereocenters. The number of rotatable bonds is 5. The van der Waals surface area contributed by atoms with Crippen LogP contribution >= 0.6 is 7.82 Å². The van der Waals surface area contributed by atoms with Gasteiger partial charge < -0.3 is 20.3 Å². The molecule has 0 aromatic heterocycles. The highest BCUT2D eigenvalue weighted by Crippen LogP contribution is 2.35. The molecule has 0 saturated heterocycles. The average molecular weight is 213 g/mol. The van der Waals surface area contributed by atoms with Gasteiger partial charge in [-0.25, -0.2) is 4.57 Å². The summed E-state index contributed by atoms with van der Waals surface area (Å²) in [6.45, 7) is 1.18. The SMILES string of the molecule is CCOC(=O)C(N)COP(=O)(O)O. The van der Waals surface area contributed by atoms with Gasteiger partial charge >= 0.3 is 13.8 Å². The van der Waals surface area contributed by atoms with Crippen molar-refractivity contribution in [3.63, 3.8) is 0 Å². The van der Waals surface area contributed by atoms with E-state index < -0.39 is 26.4 Å². The van der Waals surface area contributed by atoms with Gasteiger partial charge in [0.15, 0.2) is 0 Å². The molecule has 0 bridgehead atoms. The number of phosphoric ester groups is 1. The van der Waals surface area contributed by atoms with E-state index >= 15 is 0 Å². The molecule has 0 amide bonds. The highest BCUT2D eigenvalue weighted by molar-refractivity contribution is 7.46. The van der Waals surface area contributed by atoms with Crippen LogP contribution in [0.25, 0.3) is 0 Å². The van der Waals surface area contributed by atoms with Crippen molar-refractivity contribution in [2.45, 2.75) is 13.0 Å². The molecule has 0 spiro atoms. The minimum Gasteiger partial charge on any atom is -0.465 e. The predicted molar refractivity (Wildman–Crippen MR) is 42.6 cm³/mol. The lowest BCUT2D eigenvalue weighted by molar-refractivity contribution is -0.145. The number of carbonyl (C=O) groups is 1.